The number of halogens is 1. The van der Waals surface area contributed by atoms with Crippen LogP contribution in [-0.2, 0) is 17.8 Å². The number of aromatic nitrogens is 5. The molecule has 0 bridgehead atoms. The second-order valence-corrected chi connectivity index (χ2v) is 11.2. The summed E-state index contributed by atoms with van der Waals surface area (Å²) in [5.74, 6) is 0.174. The Morgan fingerprint density at radius 1 is 1.10 bits per heavy atom. The molecule has 2 N–H and O–H groups in total. The van der Waals surface area contributed by atoms with E-state index in [2.05, 4.69) is 31.0 Å². The first kappa shape index (κ1) is 28.1. The van der Waals surface area contributed by atoms with Gasteiger partial charge in [-0.2, -0.15) is 4.80 Å². The van der Waals surface area contributed by atoms with E-state index in [9.17, 15) is 14.0 Å². The van der Waals surface area contributed by atoms with Crippen LogP contribution in [0.15, 0.2) is 30.3 Å². The van der Waals surface area contributed by atoms with Gasteiger partial charge in [-0.3, -0.25) is 4.79 Å². The summed E-state index contributed by atoms with van der Waals surface area (Å²) in [6.07, 6.45) is 3.23. The maximum atomic E-state index is 13.5. The van der Waals surface area contributed by atoms with Crippen LogP contribution in [0.2, 0.25) is 0 Å². The van der Waals surface area contributed by atoms with Crippen LogP contribution >= 0.6 is 0 Å². The number of benzene rings is 1. The molecule has 1 saturated carbocycles. The van der Waals surface area contributed by atoms with Crippen LogP contribution in [0.4, 0.5) is 9.18 Å². The summed E-state index contributed by atoms with van der Waals surface area (Å²) in [4.78, 5) is 30.8. The molecule has 0 radical (unpaired) electrons. The van der Waals surface area contributed by atoms with Gasteiger partial charge in [0.15, 0.2) is 0 Å². The highest BCUT2D eigenvalue weighted by atomic mass is 19.1. The molecule has 2 heterocycles. The minimum Gasteiger partial charge on any atom is -0.444 e. The molecule has 0 atom stereocenters. The number of nitrogens with one attached hydrogen (secondary N) is 2. The first-order valence-corrected chi connectivity index (χ1v) is 13.2. The molecule has 2 amide bonds. The number of rotatable bonds is 7. The fourth-order valence-corrected chi connectivity index (χ4v) is 4.63. The lowest BCUT2D eigenvalue weighted by Crippen LogP contribution is -2.41. The lowest BCUT2D eigenvalue weighted by atomic mass is 9.86. The Labute approximate surface area is 227 Å². The molecule has 3 aromatic rings. The minimum atomic E-state index is -0.515. The average Bonchev–Trinajstić information content (AvgIpc) is 3.33. The van der Waals surface area contributed by atoms with E-state index in [1.54, 1.807) is 36.8 Å². The van der Waals surface area contributed by atoms with Crippen molar-refractivity contribution in [3.63, 3.8) is 0 Å². The number of carbonyl (C=O) groups excluding carboxylic acids is 2. The topological polar surface area (TPSA) is 124 Å². The second-order valence-electron chi connectivity index (χ2n) is 11.2. The van der Waals surface area contributed by atoms with Gasteiger partial charge in [0, 0.05) is 23.8 Å². The predicted octanol–water partition coefficient (Wildman–Crippen LogP) is 4.50. The van der Waals surface area contributed by atoms with Gasteiger partial charge in [-0.25, -0.2) is 14.2 Å². The summed E-state index contributed by atoms with van der Waals surface area (Å²) >= 11 is 0. The van der Waals surface area contributed by atoms with E-state index in [4.69, 9.17) is 4.74 Å². The van der Waals surface area contributed by atoms with Crippen LogP contribution < -0.4 is 10.6 Å². The zero-order valence-corrected chi connectivity index (χ0v) is 23.1. The van der Waals surface area contributed by atoms with Crippen LogP contribution in [0.1, 0.15) is 73.8 Å². The van der Waals surface area contributed by atoms with Crippen molar-refractivity contribution in [1.29, 1.82) is 0 Å². The number of hydrogen-bond acceptors (Lipinski definition) is 7. The molecular formula is C28H36FN7O3. The van der Waals surface area contributed by atoms with Crippen molar-refractivity contribution >= 4 is 12.0 Å². The van der Waals surface area contributed by atoms with Crippen molar-refractivity contribution in [3.8, 4) is 11.4 Å². The van der Waals surface area contributed by atoms with E-state index in [1.807, 2.05) is 26.8 Å². The van der Waals surface area contributed by atoms with Crippen molar-refractivity contribution in [2.45, 2.75) is 85.0 Å². The van der Waals surface area contributed by atoms with Crippen LogP contribution in [0, 0.1) is 25.6 Å². The molecule has 10 nitrogen and oxygen atoms in total. The molecule has 208 valence electrons. The third-order valence-electron chi connectivity index (χ3n) is 6.56. The smallest absolute Gasteiger partial charge is 0.407 e. The molecule has 1 fully saturated rings. The molecule has 1 aliphatic carbocycles. The molecule has 0 unspecified atom stereocenters. The van der Waals surface area contributed by atoms with Crippen molar-refractivity contribution in [2.24, 2.45) is 5.92 Å². The van der Waals surface area contributed by atoms with E-state index in [1.165, 1.54) is 6.07 Å². The largest absolute Gasteiger partial charge is 0.444 e. The lowest BCUT2D eigenvalue weighted by Gasteiger charge is -2.29. The Balaban J connectivity index is 1.32. The monoisotopic (exact) mass is 537 g/mol. The Hall–Kier alpha value is -3.89. The number of ether oxygens (including phenoxy) is 1. The van der Waals surface area contributed by atoms with Gasteiger partial charge < -0.3 is 15.4 Å². The van der Waals surface area contributed by atoms with Gasteiger partial charge in [0.2, 0.25) is 5.82 Å². The predicted molar refractivity (Wildman–Crippen MR) is 143 cm³/mol. The maximum absolute atomic E-state index is 13.5. The summed E-state index contributed by atoms with van der Waals surface area (Å²) in [5, 5.41) is 18.8. The van der Waals surface area contributed by atoms with Crippen molar-refractivity contribution < 1.29 is 18.7 Å². The zero-order valence-electron chi connectivity index (χ0n) is 23.1. The summed E-state index contributed by atoms with van der Waals surface area (Å²) in [6.45, 7) is 9.92. The number of hydrogen-bond donors (Lipinski definition) is 2. The Morgan fingerprint density at radius 2 is 1.85 bits per heavy atom. The first-order valence-electron chi connectivity index (χ1n) is 13.2. The van der Waals surface area contributed by atoms with Gasteiger partial charge in [-0.1, -0.05) is 12.1 Å². The van der Waals surface area contributed by atoms with E-state index in [-0.39, 0.29) is 36.1 Å². The fraction of sp³-hybridized carbons (Fsp3) is 0.500. The summed E-state index contributed by atoms with van der Waals surface area (Å²) in [7, 11) is 0. The Morgan fingerprint density at radius 3 is 2.54 bits per heavy atom. The molecular weight excluding hydrogens is 501 g/mol. The molecule has 0 spiro atoms. The highest BCUT2D eigenvalue weighted by Crippen LogP contribution is 2.26. The third kappa shape index (κ3) is 8.05. The number of carbonyl (C=O) groups is 2. The lowest BCUT2D eigenvalue weighted by molar-refractivity contribution is 0.0485. The SMILES string of the molecule is Cc1cc(-c2nnn(CC3CCC(NC(=O)OC(C)(C)C)CC3)n2)cc(C(=O)NCc2ccc(F)c(C)c2)n1. The van der Waals surface area contributed by atoms with Crippen molar-refractivity contribution in [3.05, 3.63) is 58.7 Å². The summed E-state index contributed by atoms with van der Waals surface area (Å²) in [6, 6.07) is 8.30. The number of nitrogens with zero attached hydrogens (tertiary/aromatic N) is 5. The van der Waals surface area contributed by atoms with E-state index in [0.717, 1.165) is 31.2 Å². The van der Waals surface area contributed by atoms with Crippen molar-refractivity contribution in [2.75, 3.05) is 0 Å². The molecule has 1 aliphatic rings. The second kappa shape index (κ2) is 11.9. The van der Waals surface area contributed by atoms with Gasteiger partial charge in [-0.15, -0.1) is 10.2 Å². The number of tetrazole rings is 1. The molecule has 39 heavy (non-hydrogen) atoms. The maximum Gasteiger partial charge on any atom is 0.407 e. The molecule has 0 aliphatic heterocycles. The van der Waals surface area contributed by atoms with E-state index >= 15 is 0 Å². The van der Waals surface area contributed by atoms with Gasteiger partial charge in [0.1, 0.15) is 17.1 Å². The number of aryl methyl sites for hydroxylation is 2. The molecule has 0 saturated heterocycles. The van der Waals surface area contributed by atoms with Gasteiger partial charge in [0.25, 0.3) is 5.91 Å². The summed E-state index contributed by atoms with van der Waals surface area (Å²) < 4.78 is 18.9. The highest BCUT2D eigenvalue weighted by molar-refractivity contribution is 5.93. The number of alkyl carbamates (subject to hydrolysis) is 1. The van der Waals surface area contributed by atoms with Crippen molar-refractivity contribution in [1.82, 2.24) is 35.8 Å². The molecule has 11 heteroatoms. The number of pyridine rings is 1. The minimum absolute atomic E-state index is 0.104. The Bertz CT molecular complexity index is 1330. The molecule has 4 rings (SSSR count). The third-order valence-corrected chi connectivity index (χ3v) is 6.56. The van der Waals surface area contributed by atoms with Crippen LogP contribution in [-0.4, -0.2) is 48.8 Å². The van der Waals surface area contributed by atoms with E-state index in [0.29, 0.717) is 35.1 Å². The highest BCUT2D eigenvalue weighted by Gasteiger charge is 2.25. The van der Waals surface area contributed by atoms with Crippen LogP contribution in [0.25, 0.3) is 11.4 Å². The van der Waals surface area contributed by atoms with Crippen LogP contribution in [0.5, 0.6) is 0 Å². The molecule has 1 aromatic carbocycles. The van der Waals surface area contributed by atoms with Crippen LogP contribution in [0.3, 0.4) is 0 Å². The van der Waals surface area contributed by atoms with Gasteiger partial charge in [0.05, 0.1) is 6.54 Å². The first-order chi connectivity index (χ1) is 18.4. The molecule has 2 aromatic heterocycles. The zero-order chi connectivity index (χ0) is 28.2. The van der Waals surface area contributed by atoms with Gasteiger partial charge >= 0.3 is 6.09 Å². The normalized spacial score (nSPS) is 17.5. The quantitative estimate of drug-likeness (QED) is 0.455. The average molecular weight is 538 g/mol. The standard InChI is InChI=1S/C28H36FN7O3/c1-17-12-20(8-11-23(17)29)15-30-26(37)24-14-21(13-18(2)31-24)25-33-35-36(34-25)16-19-6-9-22(10-7-19)32-27(38)39-28(3,4)5/h8,11-14,19,22H,6-7,9-10,15-16H2,1-5H3,(H,30,37)(H,32,38). The van der Waals surface area contributed by atoms with Gasteiger partial charge in [-0.05, 0) is 101 Å². The number of amides is 2. The summed E-state index contributed by atoms with van der Waals surface area (Å²) in [5.41, 5.74) is 2.37. The van der Waals surface area contributed by atoms with E-state index < -0.39 is 5.60 Å². The fourth-order valence-electron chi connectivity index (χ4n) is 4.63. The Kier molecular flexibility index (Phi) is 8.57.